The maximum Gasteiger partial charge on any atom is 0.573 e. The Bertz CT molecular complexity index is 727. The Labute approximate surface area is 156 Å². The highest BCUT2D eigenvalue weighted by atomic mass is 35.5. The third kappa shape index (κ3) is 5.04. The van der Waals surface area contributed by atoms with Gasteiger partial charge in [0.25, 0.3) is 0 Å². The maximum atomic E-state index is 12.2. The van der Waals surface area contributed by atoms with Crippen LogP contribution in [0.2, 0.25) is 0 Å². The number of alkyl halides is 3. The molecule has 1 fully saturated rings. The van der Waals surface area contributed by atoms with E-state index in [9.17, 15) is 13.2 Å². The van der Waals surface area contributed by atoms with Gasteiger partial charge >= 0.3 is 6.36 Å². The van der Waals surface area contributed by atoms with E-state index in [4.69, 9.17) is 11.6 Å². The topological polar surface area (TPSA) is 9.23 Å². The van der Waals surface area contributed by atoms with Crippen molar-refractivity contribution >= 4 is 11.6 Å². The molecule has 2 aromatic carbocycles. The van der Waals surface area contributed by atoms with Gasteiger partial charge in [0.05, 0.1) is 0 Å². The normalized spacial score (nSPS) is 21.1. The Morgan fingerprint density at radius 3 is 1.88 bits per heavy atom. The summed E-state index contributed by atoms with van der Waals surface area (Å²) in [7, 11) is 0. The van der Waals surface area contributed by atoms with Crippen LogP contribution in [0.25, 0.3) is 11.1 Å². The monoisotopic (exact) mass is 380 g/mol. The first-order valence-corrected chi connectivity index (χ1v) is 9.11. The highest BCUT2D eigenvalue weighted by molar-refractivity contribution is 6.25. The summed E-state index contributed by atoms with van der Waals surface area (Å²) in [6.45, 7) is 0. The highest BCUT2D eigenvalue weighted by Crippen LogP contribution is 2.37. The van der Waals surface area contributed by atoms with Gasteiger partial charge in [-0.2, -0.15) is 0 Å². The van der Waals surface area contributed by atoms with Gasteiger partial charge in [-0.3, -0.25) is 0 Å². The van der Waals surface area contributed by atoms with Gasteiger partial charge in [0.1, 0.15) is 5.75 Å². The van der Waals surface area contributed by atoms with Crippen LogP contribution in [0.5, 0.6) is 5.75 Å². The molecule has 1 nitrogen and oxygen atoms in total. The van der Waals surface area contributed by atoms with Crippen LogP contribution in [0.4, 0.5) is 13.2 Å². The quantitative estimate of drug-likeness (QED) is 0.541. The van der Waals surface area contributed by atoms with Crippen molar-refractivity contribution in [2.45, 2.75) is 38.0 Å². The number of rotatable bonds is 4. The largest absolute Gasteiger partial charge is 0.573 e. The molecule has 2 aromatic rings. The minimum Gasteiger partial charge on any atom is -0.406 e. The summed E-state index contributed by atoms with van der Waals surface area (Å²) in [6.07, 6.45) is 2.00. The van der Waals surface area contributed by atoms with Gasteiger partial charge in [-0.15, -0.1) is 13.2 Å². The van der Waals surface area contributed by atoms with Crippen molar-refractivity contribution < 1.29 is 17.9 Å². The molecule has 0 bridgehead atoms. The number of allylic oxidation sites excluding steroid dienone is 1. The summed E-state index contributed by atoms with van der Waals surface area (Å²) >= 11 is 5.66. The van der Waals surface area contributed by atoms with Crippen molar-refractivity contribution in [3.8, 4) is 16.9 Å². The van der Waals surface area contributed by atoms with Crippen LogP contribution >= 0.6 is 11.6 Å². The fourth-order valence-electron chi connectivity index (χ4n) is 3.54. The van der Waals surface area contributed by atoms with Gasteiger partial charge in [-0.1, -0.05) is 54.1 Å². The number of hydrogen-bond acceptors (Lipinski definition) is 1. The lowest BCUT2D eigenvalue weighted by atomic mass is 9.78. The van der Waals surface area contributed by atoms with Gasteiger partial charge < -0.3 is 4.74 Å². The van der Waals surface area contributed by atoms with E-state index in [0.717, 1.165) is 36.8 Å². The Morgan fingerprint density at radius 1 is 0.846 bits per heavy atom. The van der Waals surface area contributed by atoms with Crippen molar-refractivity contribution in [3.05, 3.63) is 65.7 Å². The zero-order valence-corrected chi connectivity index (χ0v) is 14.9. The molecular weight excluding hydrogens is 361 g/mol. The average Bonchev–Trinajstić information content (AvgIpc) is 2.62. The molecule has 26 heavy (non-hydrogen) atoms. The minimum atomic E-state index is -4.66. The van der Waals surface area contributed by atoms with E-state index in [1.54, 1.807) is 17.7 Å². The molecule has 0 atom stereocenters. The second-order valence-corrected chi connectivity index (χ2v) is 6.88. The van der Waals surface area contributed by atoms with Crippen LogP contribution in [0.3, 0.4) is 0 Å². The van der Waals surface area contributed by atoms with Crippen LogP contribution in [0.15, 0.2) is 60.1 Å². The molecule has 0 radical (unpaired) electrons. The molecule has 0 unspecified atom stereocenters. The zero-order chi connectivity index (χ0) is 18.6. The van der Waals surface area contributed by atoms with Crippen LogP contribution < -0.4 is 4.74 Å². The van der Waals surface area contributed by atoms with Crippen LogP contribution in [-0.2, 0) is 0 Å². The number of benzene rings is 2. The third-order valence-electron chi connectivity index (χ3n) is 4.92. The van der Waals surface area contributed by atoms with Gasteiger partial charge in [0, 0.05) is 5.54 Å². The van der Waals surface area contributed by atoms with Gasteiger partial charge in [-0.05, 0) is 66.3 Å². The average molecular weight is 381 g/mol. The maximum absolute atomic E-state index is 12.2. The lowest BCUT2D eigenvalue weighted by Gasteiger charge is -2.27. The lowest BCUT2D eigenvalue weighted by Crippen LogP contribution is -2.16. The van der Waals surface area contributed by atoms with Crippen molar-refractivity contribution in [3.63, 3.8) is 0 Å². The highest BCUT2D eigenvalue weighted by Gasteiger charge is 2.31. The van der Waals surface area contributed by atoms with Crippen molar-refractivity contribution in [2.24, 2.45) is 5.92 Å². The number of hydrogen-bond donors (Lipinski definition) is 0. The predicted octanol–water partition coefficient (Wildman–Crippen LogP) is 7.28. The Hall–Kier alpha value is -1.94. The van der Waals surface area contributed by atoms with Gasteiger partial charge in [-0.25, -0.2) is 0 Å². The molecule has 1 aliphatic carbocycles. The molecule has 0 N–H and O–H groups in total. The molecule has 5 heteroatoms. The molecule has 0 saturated heterocycles. The lowest BCUT2D eigenvalue weighted by molar-refractivity contribution is -0.274. The first kappa shape index (κ1) is 18.8. The van der Waals surface area contributed by atoms with E-state index < -0.39 is 6.36 Å². The van der Waals surface area contributed by atoms with Gasteiger partial charge in [0.15, 0.2) is 0 Å². The van der Waals surface area contributed by atoms with Crippen LogP contribution in [-0.4, -0.2) is 6.36 Å². The van der Waals surface area contributed by atoms with E-state index in [1.165, 1.54) is 17.7 Å². The van der Waals surface area contributed by atoms with E-state index in [0.29, 0.717) is 11.8 Å². The van der Waals surface area contributed by atoms with Crippen LogP contribution in [0.1, 0.15) is 37.2 Å². The summed E-state index contributed by atoms with van der Waals surface area (Å²) in [5.74, 6) is 0.938. The summed E-state index contributed by atoms with van der Waals surface area (Å²) in [5.41, 5.74) is 4.78. The predicted molar refractivity (Wildman–Crippen MR) is 98.3 cm³/mol. The molecule has 0 aliphatic heterocycles. The second-order valence-electron chi connectivity index (χ2n) is 6.62. The van der Waals surface area contributed by atoms with Crippen molar-refractivity contribution in [1.82, 2.24) is 0 Å². The second kappa shape index (κ2) is 8.17. The molecule has 1 aliphatic rings. The molecule has 138 valence electrons. The summed E-state index contributed by atoms with van der Waals surface area (Å²) < 4.78 is 40.6. The van der Waals surface area contributed by atoms with Gasteiger partial charge in [0.2, 0.25) is 0 Å². The number of halogens is 4. The Balaban J connectivity index is 1.64. The van der Waals surface area contributed by atoms with E-state index >= 15 is 0 Å². The standard InChI is InChI=1S/C21H20ClF3O/c22-14-13-15-1-3-16(4-2-15)17-5-7-18(8-6-17)19-9-11-20(12-10-19)26-21(23,24)25/h5-16H,1-4H2/b14-13+/t15-,16-. The van der Waals surface area contributed by atoms with E-state index in [1.807, 2.05) is 12.1 Å². The molecule has 1 saturated carbocycles. The molecular formula is C21H20ClF3O. The summed E-state index contributed by atoms with van der Waals surface area (Å²) in [4.78, 5) is 0. The van der Waals surface area contributed by atoms with Crippen molar-refractivity contribution in [2.75, 3.05) is 0 Å². The first-order chi connectivity index (χ1) is 12.4. The van der Waals surface area contributed by atoms with Crippen LogP contribution in [0, 0.1) is 5.92 Å². The summed E-state index contributed by atoms with van der Waals surface area (Å²) in [6, 6.07) is 14.2. The Morgan fingerprint density at radius 2 is 1.38 bits per heavy atom. The fourth-order valence-corrected chi connectivity index (χ4v) is 3.75. The third-order valence-corrected chi connectivity index (χ3v) is 5.07. The smallest absolute Gasteiger partial charge is 0.406 e. The fraction of sp³-hybridized carbons (Fsp3) is 0.333. The summed E-state index contributed by atoms with van der Waals surface area (Å²) in [5, 5.41) is 0. The molecule has 3 rings (SSSR count). The minimum absolute atomic E-state index is 0.208. The molecule has 0 spiro atoms. The molecule has 0 amide bonds. The number of ether oxygens (including phenoxy) is 1. The molecule has 0 heterocycles. The SMILES string of the molecule is FC(F)(F)Oc1ccc(-c2ccc([C@H]3CC[C@H](/C=C/Cl)CC3)cc2)cc1. The van der Waals surface area contributed by atoms with E-state index in [2.05, 4.69) is 22.9 Å². The molecule has 0 aromatic heterocycles. The first-order valence-electron chi connectivity index (χ1n) is 8.67. The van der Waals surface area contributed by atoms with Crippen molar-refractivity contribution in [1.29, 1.82) is 0 Å². The zero-order valence-electron chi connectivity index (χ0n) is 14.2. The Kier molecular flexibility index (Phi) is 5.92. The van der Waals surface area contributed by atoms with E-state index in [-0.39, 0.29) is 5.75 Å².